The summed E-state index contributed by atoms with van der Waals surface area (Å²) in [6.45, 7) is 1.87. The SMILES string of the molecule is COc1c(Br)cc(Cl)cc1S(=O)(=O)N[C@@H](C)CN. The monoisotopic (exact) mass is 356 g/mol. The van der Waals surface area contributed by atoms with E-state index in [2.05, 4.69) is 20.7 Å². The summed E-state index contributed by atoms with van der Waals surface area (Å²) >= 11 is 9.06. The summed E-state index contributed by atoms with van der Waals surface area (Å²) < 4.78 is 32.3. The zero-order valence-electron chi connectivity index (χ0n) is 9.91. The Morgan fingerprint density at radius 2 is 2.17 bits per heavy atom. The van der Waals surface area contributed by atoms with Gasteiger partial charge < -0.3 is 10.5 Å². The molecule has 1 aromatic rings. The summed E-state index contributed by atoms with van der Waals surface area (Å²) in [5.41, 5.74) is 5.39. The Labute approximate surface area is 120 Å². The molecule has 18 heavy (non-hydrogen) atoms. The molecule has 0 aromatic heterocycles. The van der Waals surface area contributed by atoms with E-state index >= 15 is 0 Å². The third kappa shape index (κ3) is 3.58. The number of halogens is 2. The molecular weight excluding hydrogens is 344 g/mol. The Morgan fingerprint density at radius 3 is 2.67 bits per heavy atom. The molecule has 0 unspecified atom stereocenters. The highest BCUT2D eigenvalue weighted by atomic mass is 79.9. The molecule has 0 saturated heterocycles. The van der Waals surface area contributed by atoms with Crippen LogP contribution in [-0.2, 0) is 10.0 Å². The van der Waals surface area contributed by atoms with Crippen LogP contribution >= 0.6 is 27.5 Å². The highest BCUT2D eigenvalue weighted by molar-refractivity contribution is 9.10. The van der Waals surface area contributed by atoms with Gasteiger partial charge in [0.05, 0.1) is 11.6 Å². The number of nitrogens with one attached hydrogen (secondary N) is 1. The smallest absolute Gasteiger partial charge is 0.244 e. The molecule has 0 saturated carbocycles. The molecular formula is C10H14BrClN2O3S. The summed E-state index contributed by atoms with van der Waals surface area (Å²) in [4.78, 5) is -0.0234. The molecule has 0 spiro atoms. The van der Waals surface area contributed by atoms with E-state index in [4.69, 9.17) is 22.1 Å². The second kappa shape index (κ2) is 6.21. The lowest BCUT2D eigenvalue weighted by Gasteiger charge is -2.15. The Bertz CT molecular complexity index is 536. The number of benzene rings is 1. The van der Waals surface area contributed by atoms with Gasteiger partial charge in [-0.1, -0.05) is 11.6 Å². The van der Waals surface area contributed by atoms with Crippen molar-refractivity contribution in [2.24, 2.45) is 5.73 Å². The van der Waals surface area contributed by atoms with Crippen LogP contribution in [0.3, 0.4) is 0 Å². The van der Waals surface area contributed by atoms with Crippen molar-refractivity contribution < 1.29 is 13.2 Å². The average Bonchev–Trinajstić information content (AvgIpc) is 2.27. The maximum Gasteiger partial charge on any atom is 0.244 e. The van der Waals surface area contributed by atoms with Crippen molar-refractivity contribution >= 4 is 37.6 Å². The second-order valence-corrected chi connectivity index (χ2v) is 6.65. The fraction of sp³-hybridized carbons (Fsp3) is 0.400. The standard InChI is InChI=1S/C10H14BrClN2O3S/c1-6(5-13)14-18(15,16)9-4-7(12)3-8(11)10(9)17-2/h3-4,6,14H,5,13H2,1-2H3/t6-/m0/s1. The zero-order valence-corrected chi connectivity index (χ0v) is 13.1. The molecule has 0 fully saturated rings. The summed E-state index contributed by atoms with van der Waals surface area (Å²) in [6, 6.07) is 2.51. The lowest BCUT2D eigenvalue weighted by Crippen LogP contribution is -2.37. The highest BCUT2D eigenvalue weighted by Crippen LogP contribution is 2.35. The van der Waals surface area contributed by atoms with Gasteiger partial charge in [-0.25, -0.2) is 13.1 Å². The summed E-state index contributed by atoms with van der Waals surface area (Å²) in [5.74, 6) is 0.205. The van der Waals surface area contributed by atoms with Gasteiger partial charge >= 0.3 is 0 Å². The average molecular weight is 358 g/mol. The van der Waals surface area contributed by atoms with Crippen LogP contribution < -0.4 is 15.2 Å². The minimum absolute atomic E-state index is 0.0234. The third-order valence-corrected chi connectivity index (χ3v) is 4.58. The van der Waals surface area contributed by atoms with Crippen molar-refractivity contribution in [1.82, 2.24) is 4.72 Å². The van der Waals surface area contributed by atoms with Crippen LogP contribution in [0.1, 0.15) is 6.92 Å². The van der Waals surface area contributed by atoms with Gasteiger partial charge in [0.25, 0.3) is 0 Å². The van der Waals surface area contributed by atoms with Crippen molar-refractivity contribution in [3.8, 4) is 5.75 Å². The number of methoxy groups -OCH3 is 1. The summed E-state index contributed by atoms with van der Waals surface area (Å²) in [5, 5.41) is 0.295. The van der Waals surface area contributed by atoms with Crippen LogP contribution in [-0.4, -0.2) is 28.1 Å². The van der Waals surface area contributed by atoms with Crippen molar-refractivity contribution in [2.75, 3.05) is 13.7 Å². The van der Waals surface area contributed by atoms with E-state index in [1.807, 2.05) is 0 Å². The van der Waals surface area contributed by atoms with Gasteiger partial charge in [0.15, 0.2) is 5.75 Å². The molecule has 0 heterocycles. The van der Waals surface area contributed by atoms with E-state index in [-0.39, 0.29) is 23.2 Å². The largest absolute Gasteiger partial charge is 0.494 e. The fourth-order valence-corrected chi connectivity index (χ4v) is 3.95. The van der Waals surface area contributed by atoms with Crippen molar-refractivity contribution in [1.29, 1.82) is 0 Å². The van der Waals surface area contributed by atoms with E-state index in [0.717, 1.165) is 0 Å². The quantitative estimate of drug-likeness (QED) is 0.841. The van der Waals surface area contributed by atoms with E-state index < -0.39 is 10.0 Å². The van der Waals surface area contributed by atoms with Gasteiger partial charge in [-0.2, -0.15) is 0 Å². The lowest BCUT2D eigenvalue weighted by atomic mass is 10.3. The molecule has 1 atom stereocenters. The van der Waals surface area contributed by atoms with Gasteiger partial charge in [-0.3, -0.25) is 0 Å². The molecule has 0 bridgehead atoms. The predicted molar refractivity (Wildman–Crippen MR) is 74.5 cm³/mol. The number of nitrogens with two attached hydrogens (primary N) is 1. The first-order valence-electron chi connectivity index (χ1n) is 5.07. The third-order valence-electron chi connectivity index (χ3n) is 2.18. The first-order chi connectivity index (χ1) is 8.31. The Balaban J connectivity index is 3.31. The van der Waals surface area contributed by atoms with Crippen LogP contribution in [0.25, 0.3) is 0 Å². The van der Waals surface area contributed by atoms with Crippen LogP contribution in [0.5, 0.6) is 5.75 Å². The molecule has 1 rings (SSSR count). The van der Waals surface area contributed by atoms with E-state index in [0.29, 0.717) is 9.50 Å². The van der Waals surface area contributed by atoms with Gasteiger partial charge in [0, 0.05) is 17.6 Å². The zero-order chi connectivity index (χ0) is 13.9. The molecule has 1 aromatic carbocycles. The number of hydrogen-bond donors (Lipinski definition) is 2. The molecule has 102 valence electrons. The Kier molecular flexibility index (Phi) is 5.42. The first kappa shape index (κ1) is 15.7. The van der Waals surface area contributed by atoms with Gasteiger partial charge in [0.1, 0.15) is 4.90 Å². The van der Waals surface area contributed by atoms with Gasteiger partial charge in [-0.15, -0.1) is 0 Å². The predicted octanol–water partition coefficient (Wildman–Crippen LogP) is 1.74. The minimum Gasteiger partial charge on any atom is -0.494 e. The molecule has 0 radical (unpaired) electrons. The summed E-state index contributed by atoms with van der Waals surface area (Å²) in [7, 11) is -2.34. The fourth-order valence-electron chi connectivity index (χ4n) is 1.31. The maximum absolute atomic E-state index is 12.2. The number of hydrogen-bond acceptors (Lipinski definition) is 4. The van der Waals surface area contributed by atoms with Crippen LogP contribution in [0, 0.1) is 0 Å². The molecule has 0 aliphatic heterocycles. The molecule has 0 aliphatic rings. The number of sulfonamides is 1. The molecule has 5 nitrogen and oxygen atoms in total. The Morgan fingerprint density at radius 1 is 1.56 bits per heavy atom. The number of ether oxygens (including phenoxy) is 1. The lowest BCUT2D eigenvalue weighted by molar-refractivity contribution is 0.399. The van der Waals surface area contributed by atoms with Gasteiger partial charge in [-0.05, 0) is 35.0 Å². The van der Waals surface area contributed by atoms with Crippen LogP contribution in [0.4, 0.5) is 0 Å². The van der Waals surface area contributed by atoms with E-state index in [1.54, 1.807) is 13.0 Å². The van der Waals surface area contributed by atoms with Crippen molar-refractivity contribution in [3.05, 3.63) is 21.6 Å². The Hall–Kier alpha value is -0.340. The second-order valence-electron chi connectivity index (χ2n) is 3.68. The molecule has 3 N–H and O–H groups in total. The molecule has 0 amide bonds. The normalized spacial score (nSPS) is 13.4. The van der Waals surface area contributed by atoms with E-state index in [1.165, 1.54) is 13.2 Å². The molecule has 0 aliphatic carbocycles. The summed E-state index contributed by atoms with van der Waals surface area (Å²) in [6.07, 6.45) is 0. The topological polar surface area (TPSA) is 81.4 Å². The molecule has 8 heteroatoms. The highest BCUT2D eigenvalue weighted by Gasteiger charge is 2.23. The van der Waals surface area contributed by atoms with E-state index in [9.17, 15) is 8.42 Å². The first-order valence-corrected chi connectivity index (χ1v) is 7.72. The van der Waals surface area contributed by atoms with Crippen LogP contribution in [0.15, 0.2) is 21.5 Å². The number of rotatable bonds is 5. The van der Waals surface area contributed by atoms with Crippen LogP contribution in [0.2, 0.25) is 5.02 Å². The van der Waals surface area contributed by atoms with Crippen molar-refractivity contribution in [3.63, 3.8) is 0 Å². The maximum atomic E-state index is 12.2. The van der Waals surface area contributed by atoms with Gasteiger partial charge in [0.2, 0.25) is 10.0 Å². The van der Waals surface area contributed by atoms with Crippen molar-refractivity contribution in [2.45, 2.75) is 17.9 Å². The minimum atomic E-state index is -3.73.